The Labute approximate surface area is 186 Å². The van der Waals surface area contributed by atoms with Gasteiger partial charge in [-0.15, -0.1) is 11.8 Å². The van der Waals surface area contributed by atoms with E-state index in [0.717, 1.165) is 23.9 Å². The van der Waals surface area contributed by atoms with Crippen LogP contribution in [0.15, 0.2) is 47.5 Å². The maximum Gasteiger partial charge on any atom is 0.344 e. The Morgan fingerprint density at radius 2 is 1.81 bits per heavy atom. The van der Waals surface area contributed by atoms with E-state index in [9.17, 15) is 22.8 Å². The number of pyridine rings is 1. The fourth-order valence-electron chi connectivity index (χ4n) is 3.00. The number of carbonyl (C=O) groups excluding carboxylic acids is 2. The van der Waals surface area contributed by atoms with Crippen molar-refractivity contribution in [2.24, 2.45) is 0 Å². The van der Waals surface area contributed by atoms with Crippen molar-refractivity contribution in [1.29, 1.82) is 0 Å². The largest absolute Gasteiger partial charge is 0.462 e. The van der Waals surface area contributed by atoms with Gasteiger partial charge in [0, 0.05) is 17.2 Å². The monoisotopic (exact) mass is 463 g/mol. The summed E-state index contributed by atoms with van der Waals surface area (Å²) in [6.45, 7) is 2.49. The molecule has 0 fully saturated rings. The number of carbonyl (C=O) groups is 2. The van der Waals surface area contributed by atoms with E-state index in [1.54, 1.807) is 44.2 Å². The fourth-order valence-corrected chi connectivity index (χ4v) is 3.76. The Morgan fingerprint density at radius 3 is 2.47 bits per heavy atom. The zero-order valence-electron chi connectivity index (χ0n) is 17.4. The lowest BCUT2D eigenvalue weighted by atomic mass is 10.0. The van der Waals surface area contributed by atoms with Gasteiger partial charge in [-0.3, -0.25) is 9.18 Å². The number of hydrogen-bond donors (Lipinski definition) is 0. The number of esters is 2. The lowest BCUT2D eigenvalue weighted by Gasteiger charge is -2.18. The van der Waals surface area contributed by atoms with Crippen LogP contribution in [-0.4, -0.2) is 36.0 Å². The number of benzene rings is 2. The summed E-state index contributed by atoms with van der Waals surface area (Å²) in [5.41, 5.74) is 0.378. The first kappa shape index (κ1) is 23.6. The lowest BCUT2D eigenvalue weighted by molar-refractivity contribution is -0.135. The number of thioether (sulfide) groups is 1. The van der Waals surface area contributed by atoms with Gasteiger partial charge < -0.3 is 9.47 Å². The van der Waals surface area contributed by atoms with Crippen molar-refractivity contribution in [3.05, 3.63) is 65.2 Å². The molecule has 3 rings (SSSR count). The lowest BCUT2D eigenvalue weighted by Crippen LogP contribution is -2.19. The maximum atomic E-state index is 14.1. The Bertz CT molecular complexity index is 1140. The molecule has 168 valence electrons. The molecule has 0 aliphatic rings. The second kappa shape index (κ2) is 10.5. The van der Waals surface area contributed by atoms with E-state index in [-0.39, 0.29) is 39.6 Å². The van der Waals surface area contributed by atoms with E-state index in [1.807, 2.05) is 0 Å². The van der Waals surface area contributed by atoms with Crippen LogP contribution in [0.4, 0.5) is 13.2 Å². The Balaban J connectivity index is 2.19. The van der Waals surface area contributed by atoms with Crippen molar-refractivity contribution in [3.63, 3.8) is 0 Å². The highest BCUT2D eigenvalue weighted by Gasteiger charge is 2.28. The molecule has 0 N–H and O–H groups in total. The summed E-state index contributed by atoms with van der Waals surface area (Å²) in [6.07, 6.45) is 0. The van der Waals surface area contributed by atoms with E-state index in [2.05, 4.69) is 4.98 Å². The van der Waals surface area contributed by atoms with Gasteiger partial charge >= 0.3 is 11.9 Å². The van der Waals surface area contributed by atoms with E-state index in [4.69, 9.17) is 9.47 Å². The molecule has 32 heavy (non-hydrogen) atoms. The molecular formula is C23H20F3NO4S. The van der Waals surface area contributed by atoms with Crippen LogP contribution in [0.5, 0.6) is 5.75 Å². The zero-order chi connectivity index (χ0) is 23.3. The second-order valence-electron chi connectivity index (χ2n) is 6.72. The second-order valence-corrected chi connectivity index (χ2v) is 7.80. The summed E-state index contributed by atoms with van der Waals surface area (Å²) in [7, 11) is 0. The zero-order valence-corrected chi connectivity index (χ0v) is 18.2. The number of ether oxygens (including phenoxy) is 2. The molecule has 0 radical (unpaired) electrons. The van der Waals surface area contributed by atoms with Gasteiger partial charge in [0.2, 0.25) is 0 Å². The first-order chi connectivity index (χ1) is 15.4. The van der Waals surface area contributed by atoms with Crippen LogP contribution in [0.1, 0.15) is 35.7 Å². The van der Waals surface area contributed by atoms with Crippen LogP contribution in [0.2, 0.25) is 0 Å². The van der Waals surface area contributed by atoms with Crippen molar-refractivity contribution >= 4 is 34.6 Å². The minimum atomic E-state index is -1.20. The van der Waals surface area contributed by atoms with Crippen LogP contribution in [0.25, 0.3) is 10.9 Å². The molecule has 3 aromatic rings. The standard InChI is InChI=1S/C23H20F3NO4S/c1-3-30-23(29)19-20(31-22(28)13(2)14-7-5-4-6-8-14)15-11-16(25)17(26)12-18(15)27-21(19)32-10-9-24/h4-8,11-13H,3,9-10H2,1-2H3/t13-/m1/s1. The van der Waals surface area contributed by atoms with Gasteiger partial charge in [0.15, 0.2) is 17.4 Å². The average Bonchev–Trinajstić information content (AvgIpc) is 2.79. The van der Waals surface area contributed by atoms with Gasteiger partial charge in [0.25, 0.3) is 0 Å². The molecule has 0 bridgehead atoms. The third-order valence-corrected chi connectivity index (χ3v) is 5.52. The first-order valence-corrected chi connectivity index (χ1v) is 10.8. The van der Waals surface area contributed by atoms with Crippen molar-refractivity contribution < 1.29 is 32.2 Å². The molecule has 5 nitrogen and oxygen atoms in total. The number of fused-ring (bicyclic) bond motifs is 1. The predicted octanol–water partition coefficient (Wildman–Crippen LogP) is 5.46. The van der Waals surface area contributed by atoms with E-state index < -0.39 is 36.2 Å². The number of aromatic nitrogens is 1. The Morgan fingerprint density at radius 1 is 1.12 bits per heavy atom. The first-order valence-electron chi connectivity index (χ1n) is 9.82. The quantitative estimate of drug-likeness (QED) is 0.327. The number of nitrogens with zero attached hydrogens (tertiary/aromatic N) is 1. The SMILES string of the molecule is CCOC(=O)c1c(SCCF)nc2cc(F)c(F)cc2c1OC(=O)[C@H](C)c1ccccc1. The summed E-state index contributed by atoms with van der Waals surface area (Å²) in [6, 6.07) is 10.4. The van der Waals surface area contributed by atoms with Crippen molar-refractivity contribution in [2.45, 2.75) is 24.8 Å². The van der Waals surface area contributed by atoms with Crippen molar-refractivity contribution in [1.82, 2.24) is 4.98 Å². The van der Waals surface area contributed by atoms with E-state index >= 15 is 0 Å². The number of hydrogen-bond acceptors (Lipinski definition) is 6. The minimum Gasteiger partial charge on any atom is -0.462 e. The molecule has 0 saturated carbocycles. The predicted molar refractivity (Wildman–Crippen MR) is 115 cm³/mol. The molecule has 0 aliphatic heterocycles. The van der Waals surface area contributed by atoms with Gasteiger partial charge in [-0.05, 0) is 25.5 Å². The van der Waals surface area contributed by atoms with Crippen LogP contribution in [0, 0.1) is 11.6 Å². The highest BCUT2D eigenvalue weighted by Crippen LogP contribution is 2.38. The Hall–Kier alpha value is -3.07. The maximum absolute atomic E-state index is 14.1. The molecule has 1 heterocycles. The summed E-state index contributed by atoms with van der Waals surface area (Å²) >= 11 is 0.878. The summed E-state index contributed by atoms with van der Waals surface area (Å²) in [4.78, 5) is 29.9. The number of alkyl halides is 1. The average molecular weight is 463 g/mol. The van der Waals surface area contributed by atoms with Crippen LogP contribution >= 0.6 is 11.8 Å². The molecule has 0 unspecified atom stereocenters. The Kier molecular flexibility index (Phi) is 7.74. The van der Waals surface area contributed by atoms with Gasteiger partial charge in [-0.1, -0.05) is 30.3 Å². The summed E-state index contributed by atoms with van der Waals surface area (Å²) in [5.74, 6) is -5.04. The third-order valence-electron chi connectivity index (χ3n) is 4.60. The smallest absolute Gasteiger partial charge is 0.344 e. The molecule has 9 heteroatoms. The normalized spacial score (nSPS) is 11.9. The van der Waals surface area contributed by atoms with Crippen molar-refractivity contribution in [2.75, 3.05) is 19.0 Å². The van der Waals surface area contributed by atoms with Gasteiger partial charge in [-0.2, -0.15) is 0 Å². The highest BCUT2D eigenvalue weighted by molar-refractivity contribution is 7.99. The molecule has 0 amide bonds. The third kappa shape index (κ3) is 5.04. The van der Waals surface area contributed by atoms with Crippen LogP contribution in [-0.2, 0) is 9.53 Å². The van der Waals surface area contributed by atoms with Gasteiger partial charge in [0.05, 0.1) is 24.7 Å². The van der Waals surface area contributed by atoms with Crippen LogP contribution < -0.4 is 4.74 Å². The number of rotatable bonds is 8. The fraction of sp³-hybridized carbons (Fsp3) is 0.261. The summed E-state index contributed by atoms with van der Waals surface area (Å²) in [5, 5.41) is -0.0834. The molecule has 1 aromatic heterocycles. The molecule has 0 aliphatic carbocycles. The van der Waals surface area contributed by atoms with Crippen molar-refractivity contribution in [3.8, 4) is 5.75 Å². The highest BCUT2D eigenvalue weighted by atomic mass is 32.2. The molecular weight excluding hydrogens is 443 g/mol. The van der Waals surface area contributed by atoms with Crippen LogP contribution in [0.3, 0.4) is 0 Å². The molecule has 1 atom stereocenters. The topological polar surface area (TPSA) is 65.5 Å². The van der Waals surface area contributed by atoms with Gasteiger partial charge in [0.1, 0.15) is 10.6 Å². The van der Waals surface area contributed by atoms with E-state index in [1.165, 1.54) is 0 Å². The summed E-state index contributed by atoms with van der Waals surface area (Å²) < 4.78 is 51.4. The number of halogens is 3. The molecule has 2 aromatic carbocycles. The van der Waals surface area contributed by atoms with Gasteiger partial charge in [-0.25, -0.2) is 18.6 Å². The van der Waals surface area contributed by atoms with E-state index in [0.29, 0.717) is 5.56 Å². The molecule has 0 saturated heterocycles. The molecule has 0 spiro atoms. The minimum absolute atomic E-state index is 0.00484.